The molecule has 0 spiro atoms. The lowest BCUT2D eigenvalue weighted by molar-refractivity contribution is 0.318. The molecule has 0 aromatic carbocycles. The average molecular weight is 284 g/mol. The van der Waals surface area contributed by atoms with Crippen molar-refractivity contribution >= 4 is 21.7 Å². The van der Waals surface area contributed by atoms with E-state index in [1.165, 1.54) is 19.3 Å². The van der Waals surface area contributed by atoms with Gasteiger partial charge < -0.3 is 4.90 Å². The summed E-state index contributed by atoms with van der Waals surface area (Å²) in [4.78, 5) is 11.1. The Kier molecular flexibility index (Phi) is 3.79. The molecule has 1 saturated carbocycles. The second-order valence-corrected chi connectivity index (χ2v) is 5.24. The van der Waals surface area contributed by atoms with Crippen LogP contribution in [0.1, 0.15) is 32.0 Å². The molecular formula is C12H18BrN3. The van der Waals surface area contributed by atoms with E-state index in [0.717, 1.165) is 35.3 Å². The van der Waals surface area contributed by atoms with Gasteiger partial charge in [-0.2, -0.15) is 0 Å². The highest BCUT2D eigenvalue weighted by atomic mass is 79.9. The molecule has 0 aliphatic heterocycles. The fourth-order valence-corrected chi connectivity index (χ4v) is 2.51. The van der Waals surface area contributed by atoms with Gasteiger partial charge in [-0.3, -0.25) is 0 Å². The topological polar surface area (TPSA) is 29.0 Å². The Hall–Kier alpha value is -0.640. The number of aromatic nitrogens is 2. The van der Waals surface area contributed by atoms with Crippen molar-refractivity contribution in [3.63, 3.8) is 0 Å². The number of rotatable bonds is 4. The summed E-state index contributed by atoms with van der Waals surface area (Å²) in [5.74, 6) is 2.75. The van der Waals surface area contributed by atoms with Crippen LogP contribution < -0.4 is 4.90 Å². The zero-order valence-electron chi connectivity index (χ0n) is 9.91. The minimum absolute atomic E-state index is 0.830. The molecule has 1 aliphatic rings. The molecular weight excluding hydrogens is 266 g/mol. The number of aryl methyl sites for hydroxylation is 1. The van der Waals surface area contributed by atoms with Gasteiger partial charge in [0.15, 0.2) is 0 Å². The van der Waals surface area contributed by atoms with Crippen LogP contribution in [0.2, 0.25) is 0 Å². The summed E-state index contributed by atoms with van der Waals surface area (Å²) in [6, 6.07) is 2.01. The molecule has 4 heteroatoms. The molecule has 0 saturated heterocycles. The van der Waals surface area contributed by atoms with E-state index in [9.17, 15) is 0 Å². The first-order chi connectivity index (χ1) is 7.69. The van der Waals surface area contributed by atoms with Crippen molar-refractivity contribution in [3.8, 4) is 0 Å². The van der Waals surface area contributed by atoms with Crippen LogP contribution in [-0.4, -0.2) is 23.1 Å². The van der Waals surface area contributed by atoms with Crippen molar-refractivity contribution < 1.29 is 0 Å². The molecule has 1 aliphatic carbocycles. The highest BCUT2D eigenvalue weighted by molar-refractivity contribution is 9.10. The fourth-order valence-electron chi connectivity index (χ4n) is 2.05. The Morgan fingerprint density at radius 2 is 2.19 bits per heavy atom. The first-order valence-electron chi connectivity index (χ1n) is 5.95. The molecule has 88 valence electrons. The normalized spacial score (nSPS) is 15.9. The van der Waals surface area contributed by atoms with E-state index in [-0.39, 0.29) is 0 Å². The number of hydrogen-bond acceptors (Lipinski definition) is 3. The van der Waals surface area contributed by atoms with E-state index in [0.29, 0.717) is 0 Å². The summed E-state index contributed by atoms with van der Waals surface area (Å²) in [6.07, 6.45) is 4.15. The van der Waals surface area contributed by atoms with Crippen molar-refractivity contribution in [2.75, 3.05) is 18.0 Å². The lowest BCUT2D eigenvalue weighted by atomic mass is 9.85. The zero-order valence-corrected chi connectivity index (χ0v) is 11.5. The quantitative estimate of drug-likeness (QED) is 0.795. The molecule has 1 aromatic rings. The van der Waals surface area contributed by atoms with Crippen molar-refractivity contribution in [2.45, 2.75) is 33.1 Å². The third-order valence-electron chi connectivity index (χ3n) is 3.20. The van der Waals surface area contributed by atoms with Crippen LogP contribution in [0.25, 0.3) is 0 Å². The van der Waals surface area contributed by atoms with Crippen molar-refractivity contribution in [2.24, 2.45) is 5.92 Å². The summed E-state index contributed by atoms with van der Waals surface area (Å²) in [7, 11) is 0. The Bertz CT molecular complexity index is 343. The third-order valence-corrected chi connectivity index (χ3v) is 3.61. The third kappa shape index (κ3) is 2.73. The van der Waals surface area contributed by atoms with E-state index in [1.54, 1.807) is 0 Å². The maximum Gasteiger partial charge on any atom is 0.133 e. The zero-order chi connectivity index (χ0) is 11.5. The molecule has 0 atom stereocenters. The van der Waals surface area contributed by atoms with Crippen molar-refractivity contribution in [1.29, 1.82) is 0 Å². The summed E-state index contributed by atoms with van der Waals surface area (Å²) in [6.45, 7) is 6.27. The monoisotopic (exact) mass is 283 g/mol. The van der Waals surface area contributed by atoms with Crippen LogP contribution in [0, 0.1) is 12.8 Å². The summed E-state index contributed by atoms with van der Waals surface area (Å²) in [5.41, 5.74) is 0. The smallest absolute Gasteiger partial charge is 0.133 e. The minimum atomic E-state index is 0.830. The predicted molar refractivity (Wildman–Crippen MR) is 69.7 cm³/mol. The second kappa shape index (κ2) is 5.13. The van der Waals surface area contributed by atoms with Crippen molar-refractivity contribution in [3.05, 3.63) is 16.5 Å². The Labute approximate surface area is 105 Å². The molecule has 1 aromatic heterocycles. The highest BCUT2D eigenvalue weighted by Crippen LogP contribution is 2.28. The van der Waals surface area contributed by atoms with Gasteiger partial charge in [-0.15, -0.1) is 0 Å². The summed E-state index contributed by atoms with van der Waals surface area (Å²) in [5, 5.41) is 0. The van der Waals surface area contributed by atoms with Gasteiger partial charge in [-0.05, 0) is 48.5 Å². The predicted octanol–water partition coefficient (Wildman–Crippen LogP) is 3.17. The van der Waals surface area contributed by atoms with Gasteiger partial charge in [0.05, 0.1) is 0 Å². The largest absolute Gasteiger partial charge is 0.356 e. The Morgan fingerprint density at radius 3 is 2.69 bits per heavy atom. The van der Waals surface area contributed by atoms with Crippen LogP contribution in [0.5, 0.6) is 0 Å². The molecule has 16 heavy (non-hydrogen) atoms. The van der Waals surface area contributed by atoms with Gasteiger partial charge in [-0.1, -0.05) is 6.42 Å². The molecule has 3 nitrogen and oxygen atoms in total. The lowest BCUT2D eigenvalue weighted by Crippen LogP contribution is -2.33. The Balaban J connectivity index is 2.11. The minimum Gasteiger partial charge on any atom is -0.356 e. The van der Waals surface area contributed by atoms with Gasteiger partial charge in [0.1, 0.15) is 16.2 Å². The SMILES string of the molecule is CCN(CC1CCC1)c1cc(Br)nc(C)n1. The molecule has 0 radical (unpaired) electrons. The Morgan fingerprint density at radius 1 is 1.44 bits per heavy atom. The fraction of sp³-hybridized carbons (Fsp3) is 0.667. The van der Waals surface area contributed by atoms with Crippen LogP contribution in [0.15, 0.2) is 10.7 Å². The highest BCUT2D eigenvalue weighted by Gasteiger charge is 2.21. The van der Waals surface area contributed by atoms with Crippen LogP contribution in [0.3, 0.4) is 0 Å². The standard InChI is InChI=1S/C12H18BrN3/c1-3-16(8-10-5-4-6-10)12-7-11(13)14-9(2)15-12/h7,10H,3-6,8H2,1-2H3. The molecule has 2 rings (SSSR count). The van der Waals surface area contributed by atoms with Gasteiger partial charge in [-0.25, -0.2) is 9.97 Å². The van der Waals surface area contributed by atoms with E-state index < -0.39 is 0 Å². The van der Waals surface area contributed by atoms with Gasteiger partial charge >= 0.3 is 0 Å². The number of hydrogen-bond donors (Lipinski definition) is 0. The van der Waals surface area contributed by atoms with Crippen LogP contribution in [0.4, 0.5) is 5.82 Å². The van der Waals surface area contributed by atoms with E-state index >= 15 is 0 Å². The summed E-state index contributed by atoms with van der Waals surface area (Å²) >= 11 is 3.43. The maximum absolute atomic E-state index is 4.50. The molecule has 1 fully saturated rings. The van der Waals surface area contributed by atoms with E-state index in [1.807, 2.05) is 13.0 Å². The molecule has 0 bridgehead atoms. The molecule has 1 heterocycles. The summed E-state index contributed by atoms with van der Waals surface area (Å²) < 4.78 is 0.877. The number of halogens is 1. The molecule has 0 unspecified atom stereocenters. The maximum atomic E-state index is 4.50. The first kappa shape index (κ1) is 11.8. The average Bonchev–Trinajstić information content (AvgIpc) is 2.14. The number of anilines is 1. The first-order valence-corrected chi connectivity index (χ1v) is 6.74. The van der Waals surface area contributed by atoms with E-state index in [4.69, 9.17) is 0 Å². The van der Waals surface area contributed by atoms with Gasteiger partial charge in [0, 0.05) is 19.2 Å². The van der Waals surface area contributed by atoms with Gasteiger partial charge in [0.25, 0.3) is 0 Å². The molecule has 0 amide bonds. The second-order valence-electron chi connectivity index (χ2n) is 4.43. The lowest BCUT2D eigenvalue weighted by Gasteiger charge is -2.32. The molecule has 0 N–H and O–H groups in total. The van der Waals surface area contributed by atoms with E-state index in [2.05, 4.69) is 37.7 Å². The van der Waals surface area contributed by atoms with Crippen LogP contribution in [-0.2, 0) is 0 Å². The van der Waals surface area contributed by atoms with Crippen LogP contribution >= 0.6 is 15.9 Å². The van der Waals surface area contributed by atoms with Gasteiger partial charge in [0.2, 0.25) is 0 Å². The van der Waals surface area contributed by atoms with Crippen molar-refractivity contribution in [1.82, 2.24) is 9.97 Å². The number of nitrogens with zero attached hydrogens (tertiary/aromatic N) is 3.